The Morgan fingerprint density at radius 3 is 2.77 bits per heavy atom. The molecule has 2 heterocycles. The molecule has 0 aliphatic carbocycles. The molecule has 1 aromatic carbocycles. The number of para-hydroxylation sites is 1. The lowest BCUT2D eigenvalue weighted by molar-refractivity contribution is 0.847. The molecule has 3 rings (SSSR count). The first-order valence-electron chi connectivity index (χ1n) is 6.83. The summed E-state index contributed by atoms with van der Waals surface area (Å²) in [6, 6.07) is 11.9. The Bertz CT molecular complexity index is 830. The zero-order chi connectivity index (χ0) is 15.4. The number of rotatable bonds is 4. The van der Waals surface area contributed by atoms with Gasteiger partial charge in [-0.25, -0.2) is 14.6 Å². The predicted molar refractivity (Wildman–Crippen MR) is 82.4 cm³/mol. The van der Waals surface area contributed by atoms with Crippen molar-refractivity contribution in [2.45, 2.75) is 13.5 Å². The molecule has 0 radical (unpaired) electrons. The number of anilines is 1. The van der Waals surface area contributed by atoms with Crippen molar-refractivity contribution in [1.29, 1.82) is 5.26 Å². The van der Waals surface area contributed by atoms with Gasteiger partial charge >= 0.3 is 0 Å². The van der Waals surface area contributed by atoms with Crippen molar-refractivity contribution in [2.75, 3.05) is 5.32 Å². The molecule has 0 aliphatic rings. The molecule has 6 heteroatoms. The van der Waals surface area contributed by atoms with Crippen molar-refractivity contribution in [2.24, 2.45) is 0 Å². The molecule has 0 unspecified atom stereocenters. The summed E-state index contributed by atoms with van der Waals surface area (Å²) in [6.45, 7) is 2.48. The van der Waals surface area contributed by atoms with Gasteiger partial charge in [-0.2, -0.15) is 10.4 Å². The fourth-order valence-electron chi connectivity index (χ4n) is 2.16. The second-order valence-electron chi connectivity index (χ2n) is 4.75. The number of nitrogens with one attached hydrogen (secondary N) is 1. The van der Waals surface area contributed by atoms with Crippen LogP contribution in [-0.2, 0) is 6.54 Å². The van der Waals surface area contributed by atoms with E-state index in [9.17, 15) is 0 Å². The number of aryl methyl sites for hydroxylation is 1. The van der Waals surface area contributed by atoms with Crippen LogP contribution in [0.15, 0.2) is 48.9 Å². The minimum Gasteiger partial charge on any atom is -0.363 e. The predicted octanol–water partition coefficient (Wildman–Crippen LogP) is 2.45. The topological polar surface area (TPSA) is 79.4 Å². The molecule has 1 N–H and O–H groups in total. The lowest BCUT2D eigenvalue weighted by Crippen LogP contribution is -2.08. The number of nitriles is 1. The first-order chi connectivity index (χ1) is 10.8. The molecule has 0 amide bonds. The molecule has 22 heavy (non-hydrogen) atoms. The van der Waals surface area contributed by atoms with Crippen LogP contribution in [0.2, 0.25) is 0 Å². The van der Waals surface area contributed by atoms with Gasteiger partial charge in [0.1, 0.15) is 6.07 Å². The Labute approximate surface area is 128 Å². The van der Waals surface area contributed by atoms with E-state index in [-0.39, 0.29) is 5.69 Å². The van der Waals surface area contributed by atoms with Crippen LogP contribution >= 0.6 is 0 Å². The molecule has 0 aliphatic heterocycles. The number of nitrogens with zero attached hydrogens (tertiary/aromatic N) is 5. The van der Waals surface area contributed by atoms with Gasteiger partial charge in [0.15, 0.2) is 11.5 Å². The molecule has 0 bridgehead atoms. The molecule has 0 saturated heterocycles. The smallest absolute Gasteiger partial charge is 0.182 e. The zero-order valence-electron chi connectivity index (χ0n) is 12.1. The van der Waals surface area contributed by atoms with Crippen molar-refractivity contribution in [3.63, 3.8) is 0 Å². The second-order valence-corrected chi connectivity index (χ2v) is 4.75. The fraction of sp³-hybridized carbons (Fsp3) is 0.125. The fourth-order valence-corrected chi connectivity index (χ4v) is 2.16. The SMILES string of the molecule is Cc1ccn(-c2ccccc2CNc2nccnc2C#N)n1. The van der Waals surface area contributed by atoms with Crippen molar-refractivity contribution in [3.05, 3.63) is 65.9 Å². The standard InChI is InChI=1S/C16H14N6/c1-12-6-9-22(21-12)15-5-3-2-4-13(15)11-20-16-14(10-17)18-7-8-19-16/h2-9H,11H2,1H3,(H,19,20). The molecule has 2 aromatic heterocycles. The van der Waals surface area contributed by atoms with E-state index < -0.39 is 0 Å². The summed E-state index contributed by atoms with van der Waals surface area (Å²) in [5.41, 5.74) is 3.30. The maximum atomic E-state index is 9.04. The summed E-state index contributed by atoms with van der Waals surface area (Å²) in [5.74, 6) is 0.483. The van der Waals surface area contributed by atoms with Crippen LogP contribution in [0.4, 0.5) is 5.82 Å². The van der Waals surface area contributed by atoms with Gasteiger partial charge in [0.25, 0.3) is 0 Å². The average molecular weight is 290 g/mol. The van der Waals surface area contributed by atoms with Gasteiger partial charge in [-0.3, -0.25) is 0 Å². The Balaban J connectivity index is 1.86. The summed E-state index contributed by atoms with van der Waals surface area (Å²) in [4.78, 5) is 8.14. The van der Waals surface area contributed by atoms with Gasteiger partial charge in [0, 0.05) is 25.1 Å². The number of hydrogen-bond acceptors (Lipinski definition) is 5. The van der Waals surface area contributed by atoms with Gasteiger partial charge in [0.2, 0.25) is 0 Å². The second kappa shape index (κ2) is 6.06. The number of benzene rings is 1. The highest BCUT2D eigenvalue weighted by Crippen LogP contribution is 2.16. The van der Waals surface area contributed by atoms with Crippen molar-refractivity contribution in [1.82, 2.24) is 19.7 Å². The largest absolute Gasteiger partial charge is 0.363 e. The maximum Gasteiger partial charge on any atom is 0.182 e. The van der Waals surface area contributed by atoms with E-state index in [4.69, 9.17) is 5.26 Å². The van der Waals surface area contributed by atoms with Crippen molar-refractivity contribution >= 4 is 5.82 Å². The Morgan fingerprint density at radius 1 is 1.18 bits per heavy atom. The lowest BCUT2D eigenvalue weighted by Gasteiger charge is -2.11. The van der Waals surface area contributed by atoms with Gasteiger partial charge < -0.3 is 5.32 Å². The highest BCUT2D eigenvalue weighted by Gasteiger charge is 2.07. The normalized spacial score (nSPS) is 10.2. The molecule has 108 valence electrons. The molecule has 3 aromatic rings. The summed E-state index contributed by atoms with van der Waals surface area (Å²) < 4.78 is 1.84. The van der Waals surface area contributed by atoms with E-state index in [2.05, 4.69) is 20.4 Å². The highest BCUT2D eigenvalue weighted by molar-refractivity contribution is 5.49. The Hall–Kier alpha value is -3.20. The molecule has 0 atom stereocenters. The van der Waals surface area contributed by atoms with E-state index >= 15 is 0 Å². The molecular weight excluding hydrogens is 276 g/mol. The summed E-state index contributed by atoms with van der Waals surface area (Å²) in [6.07, 6.45) is 4.99. The van der Waals surface area contributed by atoms with Crippen LogP contribution in [0.3, 0.4) is 0 Å². The van der Waals surface area contributed by atoms with Crippen LogP contribution < -0.4 is 5.32 Å². The van der Waals surface area contributed by atoms with Gasteiger partial charge in [-0.15, -0.1) is 0 Å². The van der Waals surface area contributed by atoms with Crippen LogP contribution in [0.25, 0.3) is 5.69 Å². The Morgan fingerprint density at radius 2 is 2.00 bits per heavy atom. The zero-order valence-corrected chi connectivity index (χ0v) is 12.1. The van der Waals surface area contributed by atoms with E-state index in [1.54, 1.807) is 6.20 Å². The molecule has 6 nitrogen and oxygen atoms in total. The molecule has 0 saturated carbocycles. The summed E-state index contributed by atoms with van der Waals surface area (Å²) >= 11 is 0. The van der Waals surface area contributed by atoms with E-state index in [0.717, 1.165) is 16.9 Å². The van der Waals surface area contributed by atoms with Crippen LogP contribution in [0.5, 0.6) is 0 Å². The Kier molecular flexibility index (Phi) is 3.79. The monoisotopic (exact) mass is 290 g/mol. The maximum absolute atomic E-state index is 9.04. The number of aromatic nitrogens is 4. The third kappa shape index (κ3) is 2.79. The van der Waals surface area contributed by atoms with Gasteiger partial charge in [-0.1, -0.05) is 18.2 Å². The van der Waals surface area contributed by atoms with E-state index in [0.29, 0.717) is 12.4 Å². The third-order valence-electron chi connectivity index (χ3n) is 3.21. The third-order valence-corrected chi connectivity index (χ3v) is 3.21. The minimum absolute atomic E-state index is 0.287. The average Bonchev–Trinajstić information content (AvgIpc) is 3.00. The molecular formula is C16H14N6. The van der Waals surface area contributed by atoms with Crippen LogP contribution in [0.1, 0.15) is 17.0 Å². The van der Waals surface area contributed by atoms with Crippen molar-refractivity contribution < 1.29 is 0 Å². The quantitative estimate of drug-likeness (QED) is 0.798. The van der Waals surface area contributed by atoms with Crippen molar-refractivity contribution in [3.8, 4) is 11.8 Å². The highest BCUT2D eigenvalue weighted by atomic mass is 15.3. The van der Waals surface area contributed by atoms with Crippen LogP contribution in [0, 0.1) is 18.3 Å². The number of hydrogen-bond donors (Lipinski definition) is 1. The molecule has 0 spiro atoms. The summed E-state index contributed by atoms with van der Waals surface area (Å²) in [7, 11) is 0. The van der Waals surface area contributed by atoms with E-state index in [1.807, 2.05) is 54.2 Å². The minimum atomic E-state index is 0.287. The molecule has 0 fully saturated rings. The van der Waals surface area contributed by atoms with Gasteiger partial charge in [-0.05, 0) is 24.6 Å². The van der Waals surface area contributed by atoms with E-state index in [1.165, 1.54) is 6.20 Å². The first-order valence-corrected chi connectivity index (χ1v) is 6.83. The van der Waals surface area contributed by atoms with Crippen LogP contribution in [-0.4, -0.2) is 19.7 Å². The summed E-state index contributed by atoms with van der Waals surface area (Å²) in [5, 5.41) is 16.6. The first kappa shape index (κ1) is 13.8. The lowest BCUT2D eigenvalue weighted by atomic mass is 10.2. The van der Waals surface area contributed by atoms with Gasteiger partial charge in [0.05, 0.1) is 11.4 Å².